The molecule has 0 radical (unpaired) electrons. The van der Waals surface area contributed by atoms with E-state index in [0.29, 0.717) is 30.2 Å². The number of thioether (sulfide) groups is 1. The molecule has 1 aromatic carbocycles. The minimum atomic E-state index is -0.497. The minimum absolute atomic E-state index is 0.000426. The van der Waals surface area contributed by atoms with Crippen LogP contribution < -0.4 is 14.8 Å². The van der Waals surface area contributed by atoms with Crippen molar-refractivity contribution in [3.8, 4) is 11.5 Å². The van der Waals surface area contributed by atoms with Gasteiger partial charge >= 0.3 is 0 Å². The van der Waals surface area contributed by atoms with E-state index in [1.54, 1.807) is 25.3 Å². The van der Waals surface area contributed by atoms with Crippen LogP contribution in [0, 0.1) is 6.92 Å². The fraction of sp³-hybridized carbons (Fsp3) is 0.450. The predicted octanol–water partition coefficient (Wildman–Crippen LogP) is 2.34. The summed E-state index contributed by atoms with van der Waals surface area (Å²) >= 11 is 0.804. The maximum Gasteiger partial charge on any atom is 0.294 e. The third kappa shape index (κ3) is 4.73. The molecule has 156 valence electrons. The molecule has 0 bridgehead atoms. The molecule has 0 spiro atoms. The highest BCUT2D eigenvalue weighted by atomic mass is 32.2. The molecule has 2 aliphatic heterocycles. The van der Waals surface area contributed by atoms with Crippen LogP contribution in [0.3, 0.4) is 0 Å². The summed E-state index contributed by atoms with van der Waals surface area (Å²) in [4.78, 5) is 38.3. The van der Waals surface area contributed by atoms with Crippen molar-refractivity contribution in [2.45, 2.75) is 25.9 Å². The molecule has 29 heavy (non-hydrogen) atoms. The summed E-state index contributed by atoms with van der Waals surface area (Å²) in [7, 11) is 3.10. The molecule has 0 saturated carbocycles. The van der Waals surface area contributed by atoms with Crippen molar-refractivity contribution in [2.24, 2.45) is 0 Å². The number of carbonyl (C=O) groups is 3. The molecule has 1 aromatic rings. The third-order valence-electron chi connectivity index (χ3n) is 4.82. The Labute approximate surface area is 173 Å². The van der Waals surface area contributed by atoms with E-state index in [9.17, 15) is 14.4 Å². The van der Waals surface area contributed by atoms with Gasteiger partial charge in [0.15, 0.2) is 0 Å². The first-order valence-corrected chi connectivity index (χ1v) is 10.1. The number of hydrogen-bond donors (Lipinski definition) is 1. The molecule has 0 aliphatic carbocycles. The van der Waals surface area contributed by atoms with Crippen LogP contribution in [0.1, 0.15) is 24.0 Å². The van der Waals surface area contributed by atoms with Gasteiger partial charge < -0.3 is 19.5 Å². The number of imide groups is 1. The number of amides is 3. The predicted molar refractivity (Wildman–Crippen MR) is 109 cm³/mol. The lowest BCUT2D eigenvalue weighted by molar-refractivity contribution is -0.129. The molecule has 2 aliphatic rings. The van der Waals surface area contributed by atoms with Crippen LogP contribution in [0.4, 0.5) is 4.79 Å². The van der Waals surface area contributed by atoms with Gasteiger partial charge in [-0.25, -0.2) is 0 Å². The Balaban J connectivity index is 1.70. The molecule has 0 aromatic heterocycles. The number of rotatable bonds is 7. The maximum atomic E-state index is 12.7. The van der Waals surface area contributed by atoms with E-state index in [4.69, 9.17) is 14.2 Å². The zero-order chi connectivity index (χ0) is 21.0. The number of nitrogens with zero attached hydrogens (tertiary/aromatic N) is 1. The van der Waals surface area contributed by atoms with E-state index in [0.717, 1.165) is 35.1 Å². The number of methoxy groups -OCH3 is 2. The Hall–Kier alpha value is -2.52. The fourth-order valence-corrected chi connectivity index (χ4v) is 4.14. The average molecular weight is 420 g/mol. The van der Waals surface area contributed by atoms with E-state index in [-0.39, 0.29) is 23.5 Å². The van der Waals surface area contributed by atoms with Crippen LogP contribution in [-0.2, 0) is 14.3 Å². The monoisotopic (exact) mass is 420 g/mol. The van der Waals surface area contributed by atoms with Gasteiger partial charge in [0.25, 0.3) is 11.1 Å². The lowest BCUT2D eigenvalue weighted by Gasteiger charge is -2.14. The first kappa shape index (κ1) is 21.2. The van der Waals surface area contributed by atoms with Crippen LogP contribution in [0.25, 0.3) is 6.08 Å². The van der Waals surface area contributed by atoms with Gasteiger partial charge in [-0.05, 0) is 49.7 Å². The summed E-state index contributed by atoms with van der Waals surface area (Å²) in [6.45, 7) is 2.61. The number of hydrogen-bond acceptors (Lipinski definition) is 7. The number of nitrogens with one attached hydrogen (secondary N) is 1. The first-order valence-electron chi connectivity index (χ1n) is 9.29. The third-order valence-corrected chi connectivity index (χ3v) is 5.73. The summed E-state index contributed by atoms with van der Waals surface area (Å²) in [6.07, 6.45) is 3.47. The van der Waals surface area contributed by atoms with Crippen molar-refractivity contribution >= 4 is 34.9 Å². The highest BCUT2D eigenvalue weighted by Gasteiger charge is 2.36. The smallest absolute Gasteiger partial charge is 0.294 e. The highest BCUT2D eigenvalue weighted by molar-refractivity contribution is 8.18. The molecule has 3 rings (SSSR count). The second-order valence-electron chi connectivity index (χ2n) is 6.72. The Bertz CT molecular complexity index is 848. The zero-order valence-electron chi connectivity index (χ0n) is 16.6. The van der Waals surface area contributed by atoms with Gasteiger partial charge in [0, 0.05) is 24.3 Å². The van der Waals surface area contributed by atoms with E-state index in [1.165, 1.54) is 7.11 Å². The first-order chi connectivity index (χ1) is 13.9. The van der Waals surface area contributed by atoms with Crippen molar-refractivity contribution in [1.29, 1.82) is 0 Å². The van der Waals surface area contributed by atoms with E-state index in [1.807, 2.05) is 6.92 Å². The van der Waals surface area contributed by atoms with Crippen molar-refractivity contribution in [2.75, 3.05) is 33.9 Å². The fourth-order valence-electron chi connectivity index (χ4n) is 3.31. The lowest BCUT2D eigenvalue weighted by atomic mass is 10.1. The van der Waals surface area contributed by atoms with Crippen LogP contribution in [-0.4, -0.2) is 62.0 Å². The Morgan fingerprint density at radius 3 is 2.79 bits per heavy atom. The van der Waals surface area contributed by atoms with Crippen molar-refractivity contribution in [3.05, 3.63) is 28.2 Å². The Kier molecular flexibility index (Phi) is 6.81. The topological polar surface area (TPSA) is 94.2 Å². The van der Waals surface area contributed by atoms with Gasteiger partial charge in [-0.2, -0.15) is 0 Å². The number of ether oxygens (including phenoxy) is 3. The number of carbonyl (C=O) groups excluding carboxylic acids is 3. The Morgan fingerprint density at radius 1 is 1.34 bits per heavy atom. The minimum Gasteiger partial charge on any atom is -0.496 e. The van der Waals surface area contributed by atoms with E-state index in [2.05, 4.69) is 5.32 Å². The summed E-state index contributed by atoms with van der Waals surface area (Å²) in [5.74, 6) is 0.338. The summed E-state index contributed by atoms with van der Waals surface area (Å²) < 4.78 is 16.2. The summed E-state index contributed by atoms with van der Waals surface area (Å²) in [5.41, 5.74) is 1.44. The molecule has 2 fully saturated rings. The summed E-state index contributed by atoms with van der Waals surface area (Å²) in [6, 6.07) is 3.53. The quantitative estimate of drug-likeness (QED) is 0.677. The zero-order valence-corrected chi connectivity index (χ0v) is 17.5. The molecule has 2 heterocycles. The SMILES string of the molecule is COc1ccc(/C=C2\SC(=O)N(CC(=O)NC[C@H]3CCCO3)C2=O)c(OC)c1C. The summed E-state index contributed by atoms with van der Waals surface area (Å²) in [5, 5.41) is 2.25. The molecule has 9 heteroatoms. The van der Waals surface area contributed by atoms with Gasteiger partial charge in [-0.15, -0.1) is 0 Å². The van der Waals surface area contributed by atoms with Crippen molar-refractivity contribution < 1.29 is 28.6 Å². The Morgan fingerprint density at radius 2 is 2.14 bits per heavy atom. The average Bonchev–Trinajstić information content (AvgIpc) is 3.31. The van der Waals surface area contributed by atoms with Gasteiger partial charge in [-0.3, -0.25) is 19.3 Å². The molecule has 0 unspecified atom stereocenters. The van der Waals surface area contributed by atoms with Gasteiger partial charge in [0.1, 0.15) is 18.0 Å². The second kappa shape index (κ2) is 9.32. The largest absolute Gasteiger partial charge is 0.496 e. The van der Waals surface area contributed by atoms with Gasteiger partial charge in [-0.1, -0.05) is 0 Å². The van der Waals surface area contributed by atoms with Crippen LogP contribution in [0.5, 0.6) is 11.5 Å². The number of benzene rings is 1. The van der Waals surface area contributed by atoms with Crippen molar-refractivity contribution in [1.82, 2.24) is 10.2 Å². The van der Waals surface area contributed by atoms with Crippen LogP contribution in [0.15, 0.2) is 17.0 Å². The maximum absolute atomic E-state index is 12.7. The van der Waals surface area contributed by atoms with Crippen LogP contribution >= 0.6 is 11.8 Å². The standard InChI is InChI=1S/C20H24N2O6S/c1-12-15(26-2)7-6-13(18(12)27-3)9-16-19(24)22(20(25)29-16)11-17(23)21-10-14-5-4-8-28-14/h6-7,9,14H,4-5,8,10-11H2,1-3H3,(H,21,23)/b16-9-/t14-/m1/s1. The van der Waals surface area contributed by atoms with E-state index >= 15 is 0 Å². The van der Waals surface area contributed by atoms with Crippen molar-refractivity contribution in [3.63, 3.8) is 0 Å². The van der Waals surface area contributed by atoms with Gasteiger partial charge in [0.2, 0.25) is 5.91 Å². The molecule has 1 atom stereocenters. The molecular weight excluding hydrogens is 396 g/mol. The molecule has 8 nitrogen and oxygen atoms in total. The lowest BCUT2D eigenvalue weighted by Crippen LogP contribution is -2.41. The van der Waals surface area contributed by atoms with E-state index < -0.39 is 11.1 Å². The highest BCUT2D eigenvalue weighted by Crippen LogP contribution is 2.37. The second-order valence-corrected chi connectivity index (χ2v) is 7.72. The van der Waals surface area contributed by atoms with Gasteiger partial charge in [0.05, 0.1) is 25.2 Å². The normalized spacial score (nSPS) is 20.4. The molecule has 2 saturated heterocycles. The molecule has 3 amide bonds. The molecular formula is C20H24N2O6S. The van der Waals surface area contributed by atoms with Crippen LogP contribution in [0.2, 0.25) is 0 Å². The molecule has 1 N–H and O–H groups in total.